The minimum atomic E-state index is -0.810. The van der Waals surface area contributed by atoms with E-state index in [0.717, 1.165) is 0 Å². The zero-order chi connectivity index (χ0) is 14.6. The molecule has 0 bridgehead atoms. The third kappa shape index (κ3) is 5.07. The van der Waals surface area contributed by atoms with Crippen LogP contribution < -0.4 is 10.2 Å². The van der Waals surface area contributed by atoms with Crippen molar-refractivity contribution in [2.75, 3.05) is 24.3 Å². The van der Waals surface area contributed by atoms with E-state index < -0.39 is 11.5 Å². The Morgan fingerprint density at radius 1 is 1.32 bits per heavy atom. The van der Waals surface area contributed by atoms with E-state index in [-0.39, 0.29) is 6.42 Å². The number of hydrogen-bond acceptors (Lipinski definition) is 6. The van der Waals surface area contributed by atoms with Crippen LogP contribution in [-0.4, -0.2) is 45.7 Å². The summed E-state index contributed by atoms with van der Waals surface area (Å²) in [5.74, 6) is 0.849. The van der Waals surface area contributed by atoms with Gasteiger partial charge in [0.15, 0.2) is 0 Å². The zero-order valence-corrected chi connectivity index (χ0v) is 12.1. The number of carbonyl (C=O) groups is 1. The zero-order valence-electron chi connectivity index (χ0n) is 12.1. The minimum absolute atomic E-state index is 0.102. The molecule has 0 spiro atoms. The van der Waals surface area contributed by atoms with E-state index in [1.54, 1.807) is 11.8 Å². The molecule has 0 aliphatic carbocycles. The monoisotopic (exact) mass is 267 g/mol. The maximum absolute atomic E-state index is 10.6. The summed E-state index contributed by atoms with van der Waals surface area (Å²) in [5.41, 5.74) is -0.393. The molecule has 0 aromatic carbocycles. The average molecular weight is 267 g/mol. The number of hydrogen-bond donors (Lipinski definition) is 2. The van der Waals surface area contributed by atoms with Crippen LogP contribution in [0.5, 0.6) is 0 Å². The lowest BCUT2D eigenvalue weighted by Crippen LogP contribution is -2.33. The van der Waals surface area contributed by atoms with Crippen molar-refractivity contribution in [3.8, 4) is 0 Å². The van der Waals surface area contributed by atoms with Gasteiger partial charge in [-0.15, -0.1) is 0 Å². The van der Waals surface area contributed by atoms with Crippen molar-refractivity contribution in [2.24, 2.45) is 0 Å². The fourth-order valence-corrected chi connectivity index (χ4v) is 1.51. The summed E-state index contributed by atoms with van der Waals surface area (Å²) in [5, 5.41) is 11.9. The molecule has 0 atom stereocenters. The molecule has 1 aromatic rings. The molecule has 0 radical (unpaired) electrons. The minimum Gasteiger partial charge on any atom is -0.481 e. The Morgan fingerprint density at radius 3 is 2.47 bits per heavy atom. The highest BCUT2D eigenvalue weighted by Gasteiger charge is 2.20. The van der Waals surface area contributed by atoms with Crippen LogP contribution in [0.2, 0.25) is 0 Å². The summed E-state index contributed by atoms with van der Waals surface area (Å²) < 4.78 is 0. The predicted octanol–water partition coefficient (Wildman–Crippen LogP) is 1.30. The molecular weight excluding hydrogens is 246 g/mol. The van der Waals surface area contributed by atoms with E-state index in [9.17, 15) is 4.79 Å². The lowest BCUT2D eigenvalue weighted by molar-refractivity contribution is -0.137. The number of carboxylic acids is 1. The lowest BCUT2D eigenvalue weighted by atomic mass is 9.99. The topological polar surface area (TPSA) is 91.2 Å². The summed E-state index contributed by atoms with van der Waals surface area (Å²) in [6.07, 6.45) is 0.592. The highest BCUT2D eigenvalue weighted by Crippen LogP contribution is 2.18. The fraction of sp³-hybridized carbons (Fsp3) is 0.667. The Morgan fingerprint density at radius 2 is 1.95 bits per heavy atom. The molecule has 0 aliphatic rings. The van der Waals surface area contributed by atoms with E-state index in [4.69, 9.17) is 5.11 Å². The van der Waals surface area contributed by atoms with Gasteiger partial charge in [0.2, 0.25) is 11.9 Å². The van der Waals surface area contributed by atoms with Gasteiger partial charge in [0.25, 0.3) is 0 Å². The van der Waals surface area contributed by atoms with Gasteiger partial charge in [-0.2, -0.15) is 15.0 Å². The highest BCUT2D eigenvalue weighted by atomic mass is 16.4. The first kappa shape index (κ1) is 15.1. The Bertz CT molecular complexity index is 459. The first-order valence-corrected chi connectivity index (χ1v) is 6.09. The number of aromatic nitrogens is 3. The van der Waals surface area contributed by atoms with Crippen LogP contribution in [0.15, 0.2) is 0 Å². The van der Waals surface area contributed by atoms with Crippen LogP contribution in [0.1, 0.15) is 32.5 Å². The molecule has 19 heavy (non-hydrogen) atoms. The molecule has 0 amide bonds. The molecule has 0 unspecified atom stereocenters. The van der Waals surface area contributed by atoms with Crippen molar-refractivity contribution in [1.29, 1.82) is 0 Å². The Labute approximate surface area is 113 Å². The number of nitrogens with one attached hydrogen (secondary N) is 1. The van der Waals surface area contributed by atoms with Crippen molar-refractivity contribution >= 4 is 17.9 Å². The summed E-state index contributed by atoms with van der Waals surface area (Å²) in [7, 11) is 3.71. The van der Waals surface area contributed by atoms with Crippen molar-refractivity contribution in [3.05, 3.63) is 5.82 Å². The van der Waals surface area contributed by atoms with Crippen molar-refractivity contribution < 1.29 is 9.90 Å². The Kier molecular flexibility index (Phi) is 4.63. The van der Waals surface area contributed by atoms with Gasteiger partial charge in [-0.25, -0.2) is 0 Å². The first-order chi connectivity index (χ1) is 8.69. The van der Waals surface area contributed by atoms with Gasteiger partial charge in [0, 0.05) is 26.1 Å². The molecule has 1 aromatic heterocycles. The molecule has 1 rings (SSSR count). The van der Waals surface area contributed by atoms with Gasteiger partial charge in [-0.3, -0.25) is 4.79 Å². The second-order valence-electron chi connectivity index (χ2n) is 5.30. The van der Waals surface area contributed by atoms with E-state index in [2.05, 4.69) is 20.3 Å². The molecule has 0 saturated carbocycles. The van der Waals surface area contributed by atoms with E-state index in [1.165, 1.54) is 0 Å². The Hall–Kier alpha value is -1.92. The molecule has 0 saturated heterocycles. The third-order valence-corrected chi connectivity index (χ3v) is 2.55. The number of anilines is 2. The number of nitrogens with zero attached hydrogens (tertiary/aromatic N) is 4. The first-order valence-electron chi connectivity index (χ1n) is 6.09. The van der Waals surface area contributed by atoms with Crippen LogP contribution in [0.25, 0.3) is 0 Å². The number of carboxylic acid groups (broad SMARTS) is 1. The van der Waals surface area contributed by atoms with Gasteiger partial charge < -0.3 is 15.3 Å². The summed E-state index contributed by atoms with van der Waals surface area (Å²) in [6.45, 7) is 5.64. The molecule has 7 nitrogen and oxygen atoms in total. The largest absolute Gasteiger partial charge is 0.481 e. The number of rotatable bonds is 6. The van der Waals surface area contributed by atoms with E-state index >= 15 is 0 Å². The molecular formula is C12H21N5O2. The molecule has 7 heteroatoms. The predicted molar refractivity (Wildman–Crippen MR) is 73.5 cm³/mol. The van der Waals surface area contributed by atoms with Crippen LogP contribution >= 0.6 is 0 Å². The standard InChI is InChI=1S/C12H21N5O2/c1-8-13-10(15-11(14-8)17(4)5)16-12(2,3)7-6-9(18)19/h6-7H2,1-5H3,(H,18,19)(H,13,14,15,16). The van der Waals surface area contributed by atoms with Crippen LogP contribution in [0.4, 0.5) is 11.9 Å². The fourth-order valence-electron chi connectivity index (χ4n) is 1.51. The number of aliphatic carboxylic acids is 1. The second-order valence-corrected chi connectivity index (χ2v) is 5.30. The maximum Gasteiger partial charge on any atom is 0.303 e. The number of aryl methyl sites for hydroxylation is 1. The molecule has 0 fully saturated rings. The smallest absolute Gasteiger partial charge is 0.303 e. The van der Waals surface area contributed by atoms with E-state index in [1.807, 2.05) is 27.9 Å². The van der Waals surface area contributed by atoms with Crippen molar-refractivity contribution in [2.45, 2.75) is 39.2 Å². The molecule has 106 valence electrons. The Balaban J connectivity index is 2.83. The van der Waals surface area contributed by atoms with Gasteiger partial charge in [0.1, 0.15) is 5.82 Å². The van der Waals surface area contributed by atoms with Gasteiger partial charge in [-0.05, 0) is 27.2 Å². The average Bonchev–Trinajstić information content (AvgIpc) is 2.25. The third-order valence-electron chi connectivity index (χ3n) is 2.55. The second kappa shape index (κ2) is 5.81. The van der Waals surface area contributed by atoms with Crippen molar-refractivity contribution in [1.82, 2.24) is 15.0 Å². The summed E-state index contributed by atoms with van der Waals surface area (Å²) in [6, 6.07) is 0. The van der Waals surface area contributed by atoms with Crippen molar-refractivity contribution in [3.63, 3.8) is 0 Å². The normalized spacial score (nSPS) is 11.2. The highest BCUT2D eigenvalue weighted by molar-refractivity contribution is 5.66. The van der Waals surface area contributed by atoms with Gasteiger partial charge in [0.05, 0.1) is 0 Å². The molecule has 0 aliphatic heterocycles. The molecule has 2 N–H and O–H groups in total. The lowest BCUT2D eigenvalue weighted by Gasteiger charge is -2.26. The van der Waals surface area contributed by atoms with Gasteiger partial charge >= 0.3 is 5.97 Å². The molecule has 1 heterocycles. The summed E-state index contributed by atoms with van der Waals surface area (Å²) in [4.78, 5) is 25.1. The maximum atomic E-state index is 10.6. The van der Waals surface area contributed by atoms with Crippen LogP contribution in [0.3, 0.4) is 0 Å². The van der Waals surface area contributed by atoms with Gasteiger partial charge in [-0.1, -0.05) is 0 Å². The summed E-state index contributed by atoms with van der Waals surface area (Å²) >= 11 is 0. The quantitative estimate of drug-likeness (QED) is 0.802. The van der Waals surface area contributed by atoms with Crippen LogP contribution in [-0.2, 0) is 4.79 Å². The van der Waals surface area contributed by atoms with E-state index in [0.29, 0.717) is 24.1 Å². The van der Waals surface area contributed by atoms with Crippen LogP contribution in [0, 0.1) is 6.92 Å². The SMILES string of the molecule is Cc1nc(NC(C)(C)CCC(=O)O)nc(N(C)C)n1.